The fraction of sp³-hybridized carbons (Fsp3) is 0.250. The Bertz CT molecular complexity index is 929. The van der Waals surface area contributed by atoms with Crippen LogP contribution in [0.3, 0.4) is 0 Å². The van der Waals surface area contributed by atoms with Crippen molar-refractivity contribution >= 4 is 23.1 Å². The molecule has 3 rings (SSSR count). The fourth-order valence-corrected chi connectivity index (χ4v) is 3.96. The van der Waals surface area contributed by atoms with Crippen LogP contribution in [-0.4, -0.2) is 26.7 Å². The molecule has 1 aromatic carbocycles. The van der Waals surface area contributed by atoms with Crippen molar-refractivity contribution in [3.05, 3.63) is 41.5 Å². The molecular formula is C16H11F6N3S2. The van der Waals surface area contributed by atoms with Crippen LogP contribution in [0.5, 0.6) is 0 Å². The Kier molecular flexibility index (Phi) is 5.26. The SMILES string of the molecule is Cn1nc(C(F)(F)F)cc1-c1ccc(-c2nccs2)c(SCC(F)(F)F)c1. The highest BCUT2D eigenvalue weighted by Crippen LogP contribution is 2.39. The molecule has 0 saturated heterocycles. The summed E-state index contributed by atoms with van der Waals surface area (Å²) in [7, 11) is 1.35. The summed E-state index contributed by atoms with van der Waals surface area (Å²) in [6, 6.07) is 5.42. The minimum Gasteiger partial charge on any atom is -0.267 e. The summed E-state index contributed by atoms with van der Waals surface area (Å²) < 4.78 is 77.6. The van der Waals surface area contributed by atoms with Crippen molar-refractivity contribution in [3.63, 3.8) is 0 Å². The highest BCUT2D eigenvalue weighted by atomic mass is 32.2. The number of aryl methyl sites for hydroxylation is 1. The smallest absolute Gasteiger partial charge is 0.267 e. The minimum atomic E-state index is -4.61. The number of rotatable bonds is 4. The first-order valence-corrected chi connectivity index (χ1v) is 9.26. The molecular weight excluding hydrogens is 412 g/mol. The Hall–Kier alpha value is -2.01. The maximum atomic E-state index is 12.9. The van der Waals surface area contributed by atoms with Crippen LogP contribution in [0.1, 0.15) is 5.69 Å². The molecule has 144 valence electrons. The van der Waals surface area contributed by atoms with Crippen LogP contribution in [0.15, 0.2) is 40.7 Å². The number of nitrogens with zero attached hydrogens (tertiary/aromatic N) is 3. The standard InChI is InChI=1S/C16H11F6N3S2/c1-25-11(7-13(24-25)16(20,21)22)9-2-3-10(14-23-4-5-26-14)12(6-9)27-8-15(17,18)19/h2-7H,8H2,1H3. The molecule has 2 aromatic heterocycles. The van der Waals surface area contributed by atoms with Crippen LogP contribution in [-0.2, 0) is 13.2 Å². The van der Waals surface area contributed by atoms with Crippen LogP contribution in [0, 0.1) is 0 Å². The normalized spacial score (nSPS) is 12.6. The average molecular weight is 423 g/mol. The lowest BCUT2D eigenvalue weighted by Gasteiger charge is -2.12. The summed E-state index contributed by atoms with van der Waals surface area (Å²) in [5, 5.41) is 5.67. The van der Waals surface area contributed by atoms with E-state index >= 15 is 0 Å². The predicted molar refractivity (Wildman–Crippen MR) is 91.5 cm³/mol. The zero-order valence-electron chi connectivity index (χ0n) is 13.6. The quantitative estimate of drug-likeness (QED) is 0.388. The van der Waals surface area contributed by atoms with Gasteiger partial charge in [0.25, 0.3) is 0 Å². The van der Waals surface area contributed by atoms with E-state index in [2.05, 4.69) is 10.1 Å². The lowest BCUT2D eigenvalue weighted by Crippen LogP contribution is -2.10. The van der Waals surface area contributed by atoms with Gasteiger partial charge in [-0.25, -0.2) is 4.98 Å². The molecule has 0 N–H and O–H groups in total. The number of aromatic nitrogens is 3. The molecule has 2 heterocycles. The molecule has 11 heteroatoms. The fourth-order valence-electron chi connectivity index (χ4n) is 2.37. The topological polar surface area (TPSA) is 30.7 Å². The van der Waals surface area contributed by atoms with Gasteiger partial charge in [0.15, 0.2) is 5.69 Å². The molecule has 0 aliphatic heterocycles. The zero-order chi connectivity index (χ0) is 19.8. The third-order valence-corrected chi connectivity index (χ3v) is 5.43. The second-order valence-corrected chi connectivity index (χ2v) is 7.40. The zero-order valence-corrected chi connectivity index (χ0v) is 15.2. The van der Waals surface area contributed by atoms with Gasteiger partial charge < -0.3 is 0 Å². The van der Waals surface area contributed by atoms with Crippen molar-refractivity contribution in [2.24, 2.45) is 7.05 Å². The molecule has 3 aromatic rings. The largest absolute Gasteiger partial charge is 0.435 e. The van der Waals surface area contributed by atoms with Crippen molar-refractivity contribution in [3.8, 4) is 21.8 Å². The molecule has 0 saturated carbocycles. The molecule has 0 amide bonds. The van der Waals surface area contributed by atoms with E-state index in [1.165, 1.54) is 30.6 Å². The number of halogens is 6. The minimum absolute atomic E-state index is 0.155. The van der Waals surface area contributed by atoms with Crippen molar-refractivity contribution in [2.75, 3.05) is 5.75 Å². The second kappa shape index (κ2) is 7.19. The molecule has 0 aliphatic rings. The highest BCUT2D eigenvalue weighted by molar-refractivity contribution is 7.99. The number of thioether (sulfide) groups is 1. The van der Waals surface area contributed by atoms with Crippen molar-refractivity contribution in [1.82, 2.24) is 14.8 Å². The Morgan fingerprint density at radius 1 is 1.11 bits per heavy atom. The molecule has 0 atom stereocenters. The van der Waals surface area contributed by atoms with Crippen molar-refractivity contribution in [1.29, 1.82) is 0 Å². The molecule has 0 unspecified atom stereocenters. The van der Waals surface area contributed by atoms with Crippen LogP contribution in [0.4, 0.5) is 26.3 Å². The molecule has 3 nitrogen and oxygen atoms in total. The Labute approximate surface area is 158 Å². The molecule has 0 aliphatic carbocycles. The molecule has 27 heavy (non-hydrogen) atoms. The number of benzene rings is 1. The molecule has 0 bridgehead atoms. The van der Waals surface area contributed by atoms with Crippen molar-refractivity contribution < 1.29 is 26.3 Å². The Morgan fingerprint density at radius 2 is 1.85 bits per heavy atom. The second-order valence-electron chi connectivity index (χ2n) is 5.49. The third kappa shape index (κ3) is 4.64. The summed E-state index contributed by atoms with van der Waals surface area (Å²) in [4.78, 5) is 4.39. The maximum absolute atomic E-state index is 12.9. The Balaban J connectivity index is 2.04. The van der Waals surface area contributed by atoms with Gasteiger partial charge in [0.05, 0.1) is 11.4 Å². The summed E-state index contributed by atoms with van der Waals surface area (Å²) in [6.45, 7) is 0. The van der Waals surface area contributed by atoms with E-state index in [4.69, 9.17) is 0 Å². The van der Waals surface area contributed by atoms with E-state index in [9.17, 15) is 26.3 Å². The van der Waals surface area contributed by atoms with Crippen LogP contribution < -0.4 is 0 Å². The summed E-state index contributed by atoms with van der Waals surface area (Å²) >= 11 is 1.83. The van der Waals surface area contributed by atoms with Gasteiger partial charge in [0, 0.05) is 34.6 Å². The number of hydrogen-bond donors (Lipinski definition) is 0. The van der Waals surface area contributed by atoms with Gasteiger partial charge in [-0.1, -0.05) is 12.1 Å². The van der Waals surface area contributed by atoms with Gasteiger partial charge in [-0.2, -0.15) is 31.4 Å². The van der Waals surface area contributed by atoms with Crippen molar-refractivity contribution in [2.45, 2.75) is 17.2 Å². The van der Waals surface area contributed by atoms with E-state index in [0.29, 0.717) is 27.9 Å². The van der Waals surface area contributed by atoms with E-state index in [0.717, 1.165) is 10.7 Å². The first kappa shape index (κ1) is 19.7. The lowest BCUT2D eigenvalue weighted by molar-refractivity contribution is -0.141. The van der Waals surface area contributed by atoms with Gasteiger partial charge in [-0.15, -0.1) is 23.1 Å². The average Bonchev–Trinajstić information content (AvgIpc) is 3.21. The summed E-state index contributed by atoms with van der Waals surface area (Å²) in [5.74, 6) is -1.12. The summed E-state index contributed by atoms with van der Waals surface area (Å²) in [6.07, 6.45) is -7.45. The van der Waals surface area contributed by atoms with Gasteiger partial charge in [-0.05, 0) is 12.1 Å². The van der Waals surface area contributed by atoms with E-state index in [1.807, 2.05) is 0 Å². The number of thiazole rings is 1. The van der Waals surface area contributed by atoms with Gasteiger partial charge >= 0.3 is 12.4 Å². The molecule has 0 radical (unpaired) electrons. The molecule has 0 fully saturated rings. The van der Waals surface area contributed by atoms with Crippen LogP contribution >= 0.6 is 23.1 Å². The van der Waals surface area contributed by atoms with Gasteiger partial charge in [0.1, 0.15) is 5.01 Å². The van der Waals surface area contributed by atoms with Crippen LogP contribution in [0.2, 0.25) is 0 Å². The van der Waals surface area contributed by atoms with Crippen LogP contribution in [0.25, 0.3) is 21.8 Å². The predicted octanol–water partition coefficient (Wildman–Crippen LogP) is 5.88. The van der Waals surface area contributed by atoms with Gasteiger partial charge in [0.2, 0.25) is 0 Å². The lowest BCUT2D eigenvalue weighted by atomic mass is 10.1. The van der Waals surface area contributed by atoms with E-state index in [-0.39, 0.29) is 10.6 Å². The van der Waals surface area contributed by atoms with E-state index in [1.54, 1.807) is 17.5 Å². The molecule has 0 spiro atoms. The van der Waals surface area contributed by atoms with E-state index < -0.39 is 23.8 Å². The highest BCUT2D eigenvalue weighted by Gasteiger charge is 2.35. The number of alkyl halides is 6. The first-order valence-electron chi connectivity index (χ1n) is 7.40. The first-order chi connectivity index (χ1) is 12.5. The third-order valence-electron chi connectivity index (χ3n) is 3.50. The maximum Gasteiger partial charge on any atom is 0.435 e. The number of hydrogen-bond acceptors (Lipinski definition) is 4. The monoisotopic (exact) mass is 423 g/mol. The van der Waals surface area contributed by atoms with Gasteiger partial charge in [-0.3, -0.25) is 4.68 Å². The summed E-state index contributed by atoms with van der Waals surface area (Å²) in [5.41, 5.74) is -0.0675. The Morgan fingerprint density at radius 3 is 2.41 bits per heavy atom.